The van der Waals surface area contributed by atoms with Crippen LogP contribution in [-0.2, 0) is 0 Å². The monoisotopic (exact) mass is 287 g/mol. The second-order valence-electron chi connectivity index (χ2n) is 5.57. The van der Waals surface area contributed by atoms with E-state index in [4.69, 9.17) is 4.99 Å². The Labute approximate surface area is 129 Å². The van der Waals surface area contributed by atoms with E-state index >= 15 is 0 Å². The highest BCUT2D eigenvalue weighted by atomic mass is 14.8. The van der Waals surface area contributed by atoms with Gasteiger partial charge in [-0.2, -0.15) is 0 Å². The number of allylic oxidation sites excluding steroid dienone is 1. The summed E-state index contributed by atoms with van der Waals surface area (Å²) in [5.41, 5.74) is 5.89. The summed E-state index contributed by atoms with van der Waals surface area (Å²) in [6, 6.07) is 12.7. The van der Waals surface area contributed by atoms with Crippen LogP contribution in [0.2, 0.25) is 0 Å². The lowest BCUT2D eigenvalue weighted by atomic mass is 9.94. The molecule has 3 nitrogen and oxygen atoms in total. The molecule has 1 aliphatic heterocycles. The number of aliphatic imine (C=N–C) groups is 1. The molecule has 0 fully saturated rings. The molecule has 108 valence electrons. The Morgan fingerprint density at radius 2 is 2.14 bits per heavy atom. The summed E-state index contributed by atoms with van der Waals surface area (Å²) in [4.78, 5) is 12.2. The predicted molar refractivity (Wildman–Crippen MR) is 91.2 cm³/mol. The van der Waals surface area contributed by atoms with Crippen molar-refractivity contribution >= 4 is 22.7 Å². The second kappa shape index (κ2) is 5.60. The highest BCUT2D eigenvalue weighted by molar-refractivity contribution is 6.15. The molecule has 0 radical (unpaired) electrons. The number of rotatable bonds is 2. The van der Waals surface area contributed by atoms with Gasteiger partial charge in [0, 0.05) is 36.2 Å². The van der Waals surface area contributed by atoms with E-state index in [2.05, 4.69) is 46.4 Å². The van der Waals surface area contributed by atoms with Crippen LogP contribution in [0, 0.1) is 0 Å². The lowest BCUT2D eigenvalue weighted by molar-refractivity contribution is 0.818. The zero-order valence-corrected chi connectivity index (χ0v) is 12.3. The molecule has 3 heteroatoms. The predicted octanol–water partition coefficient (Wildman–Crippen LogP) is 4.23. The van der Waals surface area contributed by atoms with Gasteiger partial charge in [0.25, 0.3) is 0 Å². The summed E-state index contributed by atoms with van der Waals surface area (Å²) in [5.74, 6) is 0. The fourth-order valence-corrected chi connectivity index (χ4v) is 2.96. The van der Waals surface area contributed by atoms with Crippen molar-refractivity contribution in [2.24, 2.45) is 4.99 Å². The third-order valence-corrected chi connectivity index (χ3v) is 4.03. The summed E-state index contributed by atoms with van der Waals surface area (Å²) in [6.07, 6.45) is 10.1. The first-order valence-electron chi connectivity index (χ1n) is 7.63. The largest absolute Gasteiger partial charge is 0.361 e. The van der Waals surface area contributed by atoms with Crippen molar-refractivity contribution in [3.8, 4) is 0 Å². The maximum atomic E-state index is 4.73. The van der Waals surface area contributed by atoms with Gasteiger partial charge in [-0.05, 0) is 65.8 Å². The van der Waals surface area contributed by atoms with Crippen LogP contribution in [0.5, 0.6) is 0 Å². The van der Waals surface area contributed by atoms with E-state index in [0.717, 1.165) is 30.7 Å². The first kappa shape index (κ1) is 13.0. The van der Waals surface area contributed by atoms with E-state index in [1.807, 2.05) is 18.5 Å². The standard InChI is InChI=1S/C19H17N3/c1-4-17(13-20-8-1)19-16(3-2-9-22-19)12-14-5-6-18-15(11-14)7-10-21-18/h1,4-8,10-13,21H,2-3,9H2/b16-12+. The van der Waals surface area contributed by atoms with Crippen molar-refractivity contribution in [1.29, 1.82) is 0 Å². The summed E-state index contributed by atoms with van der Waals surface area (Å²) >= 11 is 0. The minimum Gasteiger partial charge on any atom is -0.361 e. The van der Waals surface area contributed by atoms with Gasteiger partial charge in [-0.15, -0.1) is 0 Å². The molecular weight excluding hydrogens is 270 g/mol. The highest BCUT2D eigenvalue weighted by Crippen LogP contribution is 2.23. The summed E-state index contributed by atoms with van der Waals surface area (Å²) in [7, 11) is 0. The minimum atomic E-state index is 0.901. The maximum Gasteiger partial charge on any atom is 0.0694 e. The Morgan fingerprint density at radius 3 is 3.05 bits per heavy atom. The molecule has 0 saturated heterocycles. The molecule has 0 bridgehead atoms. The molecule has 22 heavy (non-hydrogen) atoms. The van der Waals surface area contributed by atoms with Crippen LogP contribution >= 0.6 is 0 Å². The van der Waals surface area contributed by atoms with E-state index in [0.29, 0.717) is 0 Å². The second-order valence-corrected chi connectivity index (χ2v) is 5.57. The third-order valence-electron chi connectivity index (χ3n) is 4.03. The molecule has 1 N–H and O–H groups in total. The van der Waals surface area contributed by atoms with Gasteiger partial charge in [-0.25, -0.2) is 0 Å². The topological polar surface area (TPSA) is 41.0 Å². The zero-order chi connectivity index (χ0) is 14.8. The number of aromatic amines is 1. The highest BCUT2D eigenvalue weighted by Gasteiger charge is 2.14. The Balaban J connectivity index is 1.75. The third kappa shape index (κ3) is 2.46. The SMILES string of the molecule is C(=C1/CCCN=C1c1cccnc1)/c1ccc2[nH]ccc2c1. The number of aromatic nitrogens is 2. The smallest absolute Gasteiger partial charge is 0.0694 e. The molecule has 0 saturated carbocycles. The molecule has 0 amide bonds. The molecule has 4 rings (SSSR count). The van der Waals surface area contributed by atoms with Crippen molar-refractivity contribution in [3.63, 3.8) is 0 Å². The fraction of sp³-hybridized carbons (Fsp3) is 0.158. The number of benzene rings is 1. The van der Waals surface area contributed by atoms with Crippen LogP contribution < -0.4 is 0 Å². The number of H-pyrrole nitrogens is 1. The van der Waals surface area contributed by atoms with Gasteiger partial charge >= 0.3 is 0 Å². The van der Waals surface area contributed by atoms with E-state index in [1.54, 1.807) is 6.20 Å². The summed E-state index contributed by atoms with van der Waals surface area (Å²) in [5, 5.41) is 1.24. The van der Waals surface area contributed by atoms with Crippen LogP contribution in [0.15, 0.2) is 65.6 Å². The fourth-order valence-electron chi connectivity index (χ4n) is 2.96. The van der Waals surface area contributed by atoms with E-state index in [-0.39, 0.29) is 0 Å². The molecule has 0 aliphatic carbocycles. The molecule has 0 spiro atoms. The lowest BCUT2D eigenvalue weighted by Gasteiger charge is -2.16. The average molecular weight is 287 g/mol. The zero-order valence-electron chi connectivity index (χ0n) is 12.3. The molecule has 0 atom stereocenters. The molecule has 3 heterocycles. The first-order chi connectivity index (χ1) is 10.9. The van der Waals surface area contributed by atoms with Crippen LogP contribution in [0.4, 0.5) is 0 Å². The van der Waals surface area contributed by atoms with Crippen LogP contribution in [0.25, 0.3) is 17.0 Å². The number of pyridine rings is 1. The number of hydrogen-bond acceptors (Lipinski definition) is 2. The van der Waals surface area contributed by atoms with Gasteiger partial charge in [-0.3, -0.25) is 9.98 Å². The Hall–Kier alpha value is -2.68. The molecule has 1 aromatic carbocycles. The number of nitrogens with zero attached hydrogens (tertiary/aromatic N) is 2. The number of hydrogen-bond donors (Lipinski definition) is 1. The summed E-state index contributed by atoms with van der Waals surface area (Å²) in [6.45, 7) is 0.901. The Morgan fingerprint density at radius 1 is 1.14 bits per heavy atom. The molecule has 2 aromatic heterocycles. The van der Waals surface area contributed by atoms with Gasteiger partial charge in [-0.1, -0.05) is 6.07 Å². The van der Waals surface area contributed by atoms with Gasteiger partial charge < -0.3 is 4.98 Å². The molecule has 3 aromatic rings. The van der Waals surface area contributed by atoms with Crippen molar-refractivity contribution < 1.29 is 0 Å². The van der Waals surface area contributed by atoms with Crippen molar-refractivity contribution in [2.45, 2.75) is 12.8 Å². The van der Waals surface area contributed by atoms with Crippen molar-refractivity contribution in [3.05, 3.63) is 71.7 Å². The lowest BCUT2D eigenvalue weighted by Crippen LogP contribution is -2.11. The molecular formula is C19H17N3. The van der Waals surface area contributed by atoms with Crippen LogP contribution in [0.1, 0.15) is 24.0 Å². The Bertz CT molecular complexity index is 857. The van der Waals surface area contributed by atoms with Gasteiger partial charge in [0.15, 0.2) is 0 Å². The first-order valence-corrected chi connectivity index (χ1v) is 7.63. The van der Waals surface area contributed by atoms with E-state index in [9.17, 15) is 0 Å². The number of fused-ring (bicyclic) bond motifs is 1. The van der Waals surface area contributed by atoms with Gasteiger partial charge in [0.1, 0.15) is 0 Å². The maximum absolute atomic E-state index is 4.73. The summed E-state index contributed by atoms with van der Waals surface area (Å²) < 4.78 is 0. The van der Waals surface area contributed by atoms with Gasteiger partial charge in [0.2, 0.25) is 0 Å². The van der Waals surface area contributed by atoms with E-state index < -0.39 is 0 Å². The van der Waals surface area contributed by atoms with Crippen LogP contribution in [-0.4, -0.2) is 22.2 Å². The van der Waals surface area contributed by atoms with E-state index in [1.165, 1.54) is 22.0 Å². The van der Waals surface area contributed by atoms with Crippen molar-refractivity contribution in [2.75, 3.05) is 6.54 Å². The normalized spacial score (nSPS) is 16.9. The number of nitrogens with one attached hydrogen (secondary N) is 1. The minimum absolute atomic E-state index is 0.901. The molecule has 1 aliphatic rings. The Kier molecular flexibility index (Phi) is 3.31. The van der Waals surface area contributed by atoms with Gasteiger partial charge in [0.05, 0.1) is 5.71 Å². The molecule has 0 unspecified atom stereocenters. The van der Waals surface area contributed by atoms with Crippen molar-refractivity contribution in [1.82, 2.24) is 9.97 Å². The van der Waals surface area contributed by atoms with Crippen LogP contribution in [0.3, 0.4) is 0 Å². The average Bonchev–Trinajstić information content (AvgIpc) is 3.04. The quantitative estimate of drug-likeness (QED) is 0.753.